The van der Waals surface area contributed by atoms with Crippen molar-refractivity contribution >= 4 is 15.7 Å². The molecule has 0 amide bonds. The predicted molar refractivity (Wildman–Crippen MR) is 72.4 cm³/mol. The van der Waals surface area contributed by atoms with Gasteiger partial charge >= 0.3 is 0 Å². The van der Waals surface area contributed by atoms with Gasteiger partial charge in [-0.25, -0.2) is 8.42 Å². The van der Waals surface area contributed by atoms with Crippen LogP contribution in [0, 0.1) is 0 Å². The molecule has 0 aliphatic carbocycles. The van der Waals surface area contributed by atoms with E-state index in [-0.39, 0.29) is 11.0 Å². The largest absolute Gasteiger partial charge is 0.368 e. The summed E-state index contributed by atoms with van der Waals surface area (Å²) in [7, 11) is -3.53. The van der Waals surface area contributed by atoms with Crippen molar-refractivity contribution in [2.45, 2.75) is 11.0 Å². The molecule has 1 aliphatic heterocycles. The number of benzene rings is 2. The molecule has 98 valence electrons. The van der Waals surface area contributed by atoms with Crippen LogP contribution in [0.4, 0.5) is 5.69 Å². The minimum Gasteiger partial charge on any atom is -0.368 e. The Bertz CT molecular complexity index is 679. The van der Waals surface area contributed by atoms with Gasteiger partial charge in [0.25, 0.3) is 10.0 Å². The first-order chi connectivity index (χ1) is 9.15. The first kappa shape index (κ1) is 12.2. The normalized spacial score (nSPS) is 18.0. The third kappa shape index (κ3) is 2.77. The highest BCUT2D eigenvalue weighted by Gasteiger charge is 2.25. The summed E-state index contributed by atoms with van der Waals surface area (Å²) in [5.41, 5.74) is 1.55. The highest BCUT2D eigenvalue weighted by atomic mass is 32.2. The van der Waals surface area contributed by atoms with Crippen LogP contribution < -0.4 is 4.72 Å². The van der Waals surface area contributed by atoms with E-state index in [1.54, 1.807) is 42.5 Å². The Labute approximate surface area is 112 Å². The van der Waals surface area contributed by atoms with Crippen LogP contribution in [0.15, 0.2) is 59.5 Å². The van der Waals surface area contributed by atoms with Gasteiger partial charge in [0, 0.05) is 5.69 Å². The van der Waals surface area contributed by atoms with E-state index < -0.39 is 10.0 Å². The minimum atomic E-state index is -3.53. The van der Waals surface area contributed by atoms with Crippen LogP contribution in [0.1, 0.15) is 11.7 Å². The summed E-state index contributed by atoms with van der Waals surface area (Å²) in [6, 6.07) is 15.6. The number of nitrogens with one attached hydrogen (secondary N) is 1. The highest BCUT2D eigenvalue weighted by Crippen LogP contribution is 2.31. The quantitative estimate of drug-likeness (QED) is 0.872. The molecule has 0 radical (unpaired) electrons. The average molecular weight is 275 g/mol. The second-order valence-corrected chi connectivity index (χ2v) is 6.05. The van der Waals surface area contributed by atoms with Crippen molar-refractivity contribution in [1.82, 2.24) is 0 Å². The van der Waals surface area contributed by atoms with Gasteiger partial charge in [-0.05, 0) is 29.8 Å². The van der Waals surface area contributed by atoms with Gasteiger partial charge in [0.05, 0.1) is 11.5 Å². The van der Waals surface area contributed by atoms with Gasteiger partial charge in [-0.3, -0.25) is 4.72 Å². The Balaban J connectivity index is 1.86. The zero-order valence-corrected chi connectivity index (χ0v) is 10.9. The molecule has 1 saturated heterocycles. The molecular formula is C14H13NO3S. The fourth-order valence-electron chi connectivity index (χ4n) is 1.86. The monoisotopic (exact) mass is 275 g/mol. The lowest BCUT2D eigenvalue weighted by atomic mass is 10.1. The second-order valence-electron chi connectivity index (χ2n) is 4.37. The fourth-order valence-corrected chi connectivity index (χ4v) is 2.93. The molecule has 1 atom stereocenters. The number of rotatable bonds is 4. The number of hydrogen-bond donors (Lipinski definition) is 1. The summed E-state index contributed by atoms with van der Waals surface area (Å²) in [6.45, 7) is 0.703. The lowest BCUT2D eigenvalue weighted by molar-refractivity contribution is 0.415. The zero-order chi connectivity index (χ0) is 13.3. The van der Waals surface area contributed by atoms with Gasteiger partial charge in [-0.15, -0.1) is 0 Å². The van der Waals surface area contributed by atoms with Gasteiger partial charge in [0.15, 0.2) is 0 Å². The molecule has 0 aromatic heterocycles. The van der Waals surface area contributed by atoms with Crippen molar-refractivity contribution in [2.75, 3.05) is 11.3 Å². The van der Waals surface area contributed by atoms with Crippen LogP contribution in [-0.4, -0.2) is 15.0 Å². The predicted octanol–water partition coefficient (Wildman–Crippen LogP) is 2.56. The van der Waals surface area contributed by atoms with Crippen LogP contribution in [-0.2, 0) is 14.8 Å². The summed E-state index contributed by atoms with van der Waals surface area (Å²) < 4.78 is 32.1. The van der Waals surface area contributed by atoms with E-state index in [4.69, 9.17) is 4.74 Å². The SMILES string of the molecule is O=S(=O)(Nc1cccc(C2CO2)c1)c1ccccc1. The van der Waals surface area contributed by atoms with E-state index in [1.807, 2.05) is 12.1 Å². The van der Waals surface area contributed by atoms with Gasteiger partial charge in [-0.1, -0.05) is 30.3 Å². The van der Waals surface area contributed by atoms with Gasteiger partial charge in [0.2, 0.25) is 0 Å². The summed E-state index contributed by atoms with van der Waals surface area (Å²) in [5.74, 6) is 0. The van der Waals surface area contributed by atoms with Gasteiger partial charge in [-0.2, -0.15) is 0 Å². The molecule has 1 aliphatic rings. The van der Waals surface area contributed by atoms with Crippen LogP contribution >= 0.6 is 0 Å². The molecule has 5 heteroatoms. The topological polar surface area (TPSA) is 58.7 Å². The van der Waals surface area contributed by atoms with Crippen LogP contribution in [0.25, 0.3) is 0 Å². The Morgan fingerprint density at radius 3 is 2.47 bits per heavy atom. The summed E-state index contributed by atoms with van der Waals surface area (Å²) in [5, 5.41) is 0. The van der Waals surface area contributed by atoms with Crippen molar-refractivity contribution in [2.24, 2.45) is 0 Å². The molecular weight excluding hydrogens is 262 g/mol. The standard InChI is InChI=1S/C14H13NO3S/c16-19(17,13-7-2-1-3-8-13)15-12-6-4-5-11(9-12)14-10-18-14/h1-9,14-15H,10H2. The molecule has 19 heavy (non-hydrogen) atoms. The fraction of sp³-hybridized carbons (Fsp3) is 0.143. The molecule has 1 fully saturated rings. The number of epoxide rings is 1. The number of anilines is 1. The van der Waals surface area contributed by atoms with Crippen LogP contribution in [0.5, 0.6) is 0 Å². The first-order valence-corrected chi connectivity index (χ1v) is 7.43. The van der Waals surface area contributed by atoms with E-state index in [0.717, 1.165) is 5.56 Å². The highest BCUT2D eigenvalue weighted by molar-refractivity contribution is 7.92. The molecule has 4 nitrogen and oxygen atoms in total. The van der Waals surface area contributed by atoms with Crippen molar-refractivity contribution in [3.8, 4) is 0 Å². The Morgan fingerprint density at radius 2 is 1.79 bits per heavy atom. The second kappa shape index (κ2) is 4.68. The Morgan fingerprint density at radius 1 is 1.05 bits per heavy atom. The minimum absolute atomic E-state index is 0.112. The number of ether oxygens (including phenoxy) is 1. The van der Waals surface area contributed by atoms with E-state index >= 15 is 0 Å². The maximum Gasteiger partial charge on any atom is 0.261 e. The maximum atomic E-state index is 12.2. The molecule has 0 spiro atoms. The smallest absolute Gasteiger partial charge is 0.261 e. The zero-order valence-electron chi connectivity index (χ0n) is 10.1. The van der Waals surface area contributed by atoms with Crippen LogP contribution in [0.3, 0.4) is 0 Å². The molecule has 0 bridgehead atoms. The van der Waals surface area contributed by atoms with Crippen LogP contribution in [0.2, 0.25) is 0 Å². The molecule has 3 rings (SSSR count). The van der Waals surface area contributed by atoms with E-state index in [0.29, 0.717) is 12.3 Å². The lowest BCUT2D eigenvalue weighted by Crippen LogP contribution is -2.12. The van der Waals surface area contributed by atoms with E-state index in [9.17, 15) is 8.42 Å². The third-order valence-corrected chi connectivity index (χ3v) is 4.29. The van der Waals surface area contributed by atoms with E-state index in [1.165, 1.54) is 0 Å². The number of hydrogen-bond acceptors (Lipinski definition) is 3. The summed E-state index contributed by atoms with van der Waals surface area (Å²) in [4.78, 5) is 0.253. The average Bonchev–Trinajstić information content (AvgIpc) is 3.24. The lowest BCUT2D eigenvalue weighted by Gasteiger charge is -2.08. The van der Waals surface area contributed by atoms with Crippen molar-refractivity contribution in [3.05, 3.63) is 60.2 Å². The van der Waals surface area contributed by atoms with E-state index in [2.05, 4.69) is 4.72 Å². The van der Waals surface area contributed by atoms with Gasteiger partial charge in [0.1, 0.15) is 6.10 Å². The van der Waals surface area contributed by atoms with Crippen molar-refractivity contribution < 1.29 is 13.2 Å². The van der Waals surface area contributed by atoms with Crippen molar-refractivity contribution in [1.29, 1.82) is 0 Å². The molecule has 1 heterocycles. The van der Waals surface area contributed by atoms with Crippen molar-refractivity contribution in [3.63, 3.8) is 0 Å². The molecule has 2 aromatic rings. The summed E-state index contributed by atoms with van der Waals surface area (Å²) in [6.07, 6.45) is 0.112. The molecule has 2 aromatic carbocycles. The first-order valence-electron chi connectivity index (χ1n) is 5.94. The molecule has 0 saturated carbocycles. The molecule has 1 unspecified atom stereocenters. The molecule has 1 N–H and O–H groups in total. The number of sulfonamides is 1. The Hall–Kier alpha value is -1.85. The Kier molecular flexibility index (Phi) is 3.00. The maximum absolute atomic E-state index is 12.2. The summed E-state index contributed by atoms with van der Waals surface area (Å²) >= 11 is 0. The third-order valence-electron chi connectivity index (χ3n) is 2.90. The van der Waals surface area contributed by atoms with Gasteiger partial charge < -0.3 is 4.74 Å².